The molecule has 0 fully saturated rings. The van der Waals surface area contributed by atoms with Crippen LogP contribution in [0.2, 0.25) is 0 Å². The summed E-state index contributed by atoms with van der Waals surface area (Å²) < 4.78 is 5.60. The Labute approximate surface area is 81.7 Å². The molecule has 1 aromatic heterocycles. The van der Waals surface area contributed by atoms with Crippen molar-refractivity contribution in [2.45, 2.75) is 6.42 Å². The Morgan fingerprint density at radius 1 is 1.71 bits per heavy atom. The molecule has 0 aromatic carbocycles. The van der Waals surface area contributed by atoms with E-state index >= 15 is 0 Å². The summed E-state index contributed by atoms with van der Waals surface area (Å²) in [5.41, 5.74) is 0.908. The van der Waals surface area contributed by atoms with Gasteiger partial charge in [0.1, 0.15) is 0 Å². The molecule has 5 heteroatoms. The van der Waals surface area contributed by atoms with Crippen LogP contribution in [0.1, 0.15) is 5.56 Å². The fourth-order valence-corrected chi connectivity index (χ4v) is 1.10. The van der Waals surface area contributed by atoms with E-state index in [9.17, 15) is 5.21 Å². The van der Waals surface area contributed by atoms with Gasteiger partial charge in [0, 0.05) is 23.8 Å². The van der Waals surface area contributed by atoms with Crippen LogP contribution >= 0.6 is 0 Å². The van der Waals surface area contributed by atoms with E-state index in [1.54, 1.807) is 6.07 Å². The van der Waals surface area contributed by atoms with Crippen LogP contribution < -0.4 is 9.47 Å². The highest BCUT2D eigenvalue weighted by molar-refractivity contribution is 5.85. The van der Waals surface area contributed by atoms with Gasteiger partial charge in [-0.3, -0.25) is 0 Å². The predicted molar refractivity (Wildman–Crippen MR) is 50.5 cm³/mol. The Bertz CT molecular complexity index is 339. The minimum absolute atomic E-state index is 0.187. The number of pyridine rings is 1. The highest BCUT2D eigenvalue weighted by Gasteiger charge is 2.08. The van der Waals surface area contributed by atoms with Crippen molar-refractivity contribution >= 4 is 5.71 Å². The van der Waals surface area contributed by atoms with E-state index < -0.39 is 0 Å². The van der Waals surface area contributed by atoms with Crippen LogP contribution in [0.25, 0.3) is 0 Å². The number of methoxy groups -OCH3 is 1. The van der Waals surface area contributed by atoms with E-state index in [4.69, 9.17) is 15.3 Å². The fraction of sp³-hybridized carbons (Fsp3) is 0.333. The molecular formula is C9H12N2O3. The maximum atomic E-state index is 10.9. The quantitative estimate of drug-likeness (QED) is 0.400. The van der Waals surface area contributed by atoms with Crippen LogP contribution in [-0.4, -0.2) is 24.5 Å². The Morgan fingerprint density at radius 3 is 3.00 bits per heavy atom. The molecule has 1 aromatic rings. The molecule has 76 valence electrons. The lowest BCUT2D eigenvalue weighted by Crippen LogP contribution is -2.25. The lowest BCUT2D eigenvalue weighted by Gasteiger charge is -2.07. The number of ether oxygens (including phenoxy) is 1. The Balaban J connectivity index is 2.90. The third-order valence-electron chi connectivity index (χ3n) is 1.80. The molecule has 1 heterocycles. The van der Waals surface area contributed by atoms with Gasteiger partial charge in [0.15, 0.2) is 11.9 Å². The van der Waals surface area contributed by atoms with Crippen LogP contribution in [0.5, 0.6) is 5.75 Å². The Hall–Kier alpha value is -1.62. The molecule has 0 spiro atoms. The van der Waals surface area contributed by atoms with Crippen LogP contribution in [0, 0.1) is 10.6 Å². The number of hydrogen-bond donors (Lipinski definition) is 2. The summed E-state index contributed by atoms with van der Waals surface area (Å²) in [6.45, 7) is -0.282. The molecule has 2 N–H and O–H groups in total. The molecule has 5 nitrogen and oxygen atoms in total. The van der Waals surface area contributed by atoms with E-state index in [-0.39, 0.29) is 12.3 Å². The number of nitrogens with zero attached hydrogens (tertiary/aromatic N) is 1. The zero-order chi connectivity index (χ0) is 10.6. The summed E-state index contributed by atoms with van der Waals surface area (Å²) in [6, 6.07) is 1.58. The lowest BCUT2D eigenvalue weighted by molar-refractivity contribution is -0.605. The molecule has 1 rings (SSSR count). The van der Waals surface area contributed by atoms with Gasteiger partial charge >= 0.3 is 0 Å². The first kappa shape index (κ1) is 10.5. The molecule has 0 unspecified atom stereocenters. The molecular weight excluding hydrogens is 184 g/mol. The van der Waals surface area contributed by atoms with Gasteiger partial charge in [0.05, 0.1) is 13.7 Å². The highest BCUT2D eigenvalue weighted by Crippen LogP contribution is 2.15. The van der Waals surface area contributed by atoms with Crippen molar-refractivity contribution in [3.8, 4) is 5.75 Å². The number of aromatic nitrogens is 1. The van der Waals surface area contributed by atoms with Crippen molar-refractivity contribution in [2.24, 2.45) is 0 Å². The van der Waals surface area contributed by atoms with Crippen molar-refractivity contribution in [3.63, 3.8) is 0 Å². The first-order valence-electron chi connectivity index (χ1n) is 4.10. The minimum Gasteiger partial charge on any atom is -0.619 e. The van der Waals surface area contributed by atoms with Gasteiger partial charge in [-0.15, -0.1) is 0 Å². The second-order valence-corrected chi connectivity index (χ2v) is 2.84. The van der Waals surface area contributed by atoms with Gasteiger partial charge in [0.2, 0.25) is 6.20 Å². The zero-order valence-corrected chi connectivity index (χ0v) is 7.86. The molecule has 0 amide bonds. The van der Waals surface area contributed by atoms with Crippen molar-refractivity contribution in [2.75, 3.05) is 13.7 Å². The number of nitrogens with one attached hydrogen (secondary N) is 1. The van der Waals surface area contributed by atoms with Crippen LogP contribution in [0.15, 0.2) is 18.5 Å². The maximum absolute atomic E-state index is 10.9. The molecule has 0 saturated carbocycles. The van der Waals surface area contributed by atoms with Crippen LogP contribution in [0.3, 0.4) is 0 Å². The monoisotopic (exact) mass is 196 g/mol. The minimum atomic E-state index is -0.282. The first-order chi connectivity index (χ1) is 6.67. The van der Waals surface area contributed by atoms with E-state index in [2.05, 4.69) is 0 Å². The summed E-state index contributed by atoms with van der Waals surface area (Å²) in [7, 11) is 1.46. The highest BCUT2D eigenvalue weighted by atomic mass is 16.5. The summed E-state index contributed by atoms with van der Waals surface area (Å²) in [5, 5.41) is 26.9. The number of hydrogen-bond acceptors (Lipinski definition) is 4. The van der Waals surface area contributed by atoms with Crippen molar-refractivity contribution in [1.29, 1.82) is 5.41 Å². The van der Waals surface area contributed by atoms with Gasteiger partial charge in [-0.1, -0.05) is 0 Å². The van der Waals surface area contributed by atoms with E-state index in [1.807, 2.05) is 0 Å². The van der Waals surface area contributed by atoms with Crippen LogP contribution in [0.4, 0.5) is 0 Å². The molecule has 0 aliphatic rings. The predicted octanol–water partition coefficient (Wildman–Crippen LogP) is -0.117. The number of aliphatic hydroxyl groups is 1. The molecule has 0 bridgehead atoms. The zero-order valence-electron chi connectivity index (χ0n) is 7.86. The van der Waals surface area contributed by atoms with Crippen LogP contribution in [-0.2, 0) is 6.42 Å². The van der Waals surface area contributed by atoms with Crippen molar-refractivity contribution in [3.05, 3.63) is 29.2 Å². The van der Waals surface area contributed by atoms with E-state index in [0.29, 0.717) is 16.9 Å². The topological polar surface area (TPSA) is 80.2 Å². The average molecular weight is 196 g/mol. The Kier molecular flexibility index (Phi) is 3.41. The van der Waals surface area contributed by atoms with Gasteiger partial charge in [-0.05, 0) is 0 Å². The lowest BCUT2D eigenvalue weighted by atomic mass is 10.1. The standard InChI is InChI=1S/C9H12N2O3/c1-14-9-5-11(13)3-2-7(9)4-8(10)6-12/h2-3,5,10,12H,4,6H2,1H3. The van der Waals surface area contributed by atoms with Crippen molar-refractivity contribution < 1.29 is 14.6 Å². The second-order valence-electron chi connectivity index (χ2n) is 2.84. The largest absolute Gasteiger partial charge is 0.619 e. The Morgan fingerprint density at radius 2 is 2.43 bits per heavy atom. The van der Waals surface area contributed by atoms with E-state index in [0.717, 1.165) is 5.56 Å². The number of rotatable bonds is 4. The molecule has 14 heavy (non-hydrogen) atoms. The SMILES string of the molecule is COc1c[n+]([O-])ccc1CC(=N)CO. The number of aliphatic hydroxyl groups excluding tert-OH is 1. The van der Waals surface area contributed by atoms with Gasteiger partial charge < -0.3 is 20.5 Å². The molecule has 0 atom stereocenters. The van der Waals surface area contributed by atoms with Gasteiger partial charge in [-0.2, -0.15) is 4.73 Å². The van der Waals surface area contributed by atoms with Gasteiger partial charge in [-0.25, -0.2) is 0 Å². The van der Waals surface area contributed by atoms with Gasteiger partial charge in [0.25, 0.3) is 0 Å². The first-order valence-corrected chi connectivity index (χ1v) is 4.10. The summed E-state index contributed by atoms with van der Waals surface area (Å²) in [5.74, 6) is 0.431. The summed E-state index contributed by atoms with van der Waals surface area (Å²) in [4.78, 5) is 0. The second kappa shape index (κ2) is 4.57. The van der Waals surface area contributed by atoms with E-state index in [1.165, 1.54) is 19.5 Å². The summed E-state index contributed by atoms with van der Waals surface area (Å²) >= 11 is 0. The third kappa shape index (κ3) is 2.43. The summed E-state index contributed by atoms with van der Waals surface area (Å²) in [6.07, 6.45) is 2.92. The normalized spacial score (nSPS) is 9.86. The van der Waals surface area contributed by atoms with Crippen molar-refractivity contribution in [1.82, 2.24) is 0 Å². The fourth-order valence-electron chi connectivity index (χ4n) is 1.10. The molecule has 0 radical (unpaired) electrons. The maximum Gasteiger partial charge on any atom is 0.222 e. The molecule has 0 aliphatic heterocycles. The molecule has 0 saturated heterocycles. The third-order valence-corrected chi connectivity index (χ3v) is 1.80. The average Bonchev–Trinajstić information content (AvgIpc) is 2.20. The smallest absolute Gasteiger partial charge is 0.222 e. The molecule has 0 aliphatic carbocycles.